The van der Waals surface area contributed by atoms with Gasteiger partial charge in [0.1, 0.15) is 0 Å². The maximum Gasteiger partial charge on any atom is 1.00 e. The summed E-state index contributed by atoms with van der Waals surface area (Å²) >= 11 is 0. The summed E-state index contributed by atoms with van der Waals surface area (Å²) in [7, 11) is -1.75. The van der Waals surface area contributed by atoms with E-state index in [2.05, 4.69) is 0 Å². The average Bonchev–Trinajstić information content (AvgIpc) is 2.35. The molecule has 0 aromatic carbocycles. The third kappa shape index (κ3) is 654. The van der Waals surface area contributed by atoms with Crippen molar-refractivity contribution in [2.75, 3.05) is 0 Å². The van der Waals surface area contributed by atoms with Gasteiger partial charge in [0.25, 0.3) is 0 Å². The summed E-state index contributed by atoms with van der Waals surface area (Å²) < 4.78 is 58.5. The van der Waals surface area contributed by atoms with Crippen LogP contribution < -0.4 is 1330 Å². The Morgan fingerprint density at radius 3 is 0.106 bits per heavy atom. The van der Waals surface area contributed by atoms with E-state index >= 15 is 0 Å². The minimum absolute atomic E-state index is 0. The minimum Gasteiger partial charge on any atom is 1.00 e. The summed E-state index contributed by atoms with van der Waals surface area (Å²) in [6.45, 7) is 0. The van der Waals surface area contributed by atoms with E-state index in [4.69, 9.17) is 68.1 Å². The van der Waals surface area contributed by atoms with Gasteiger partial charge in [-0.3, -0.25) is 0 Å². The van der Waals surface area contributed by atoms with Crippen LogP contribution in [0.3, 0.4) is 0 Å². The third-order valence-corrected chi connectivity index (χ3v) is 0. The van der Waals surface area contributed by atoms with Crippen molar-refractivity contribution in [1.82, 2.24) is 0 Å². The molecule has 0 heterocycles. The van der Waals surface area contributed by atoms with Crippen LogP contribution in [-0.2, 0) is 32.9 Å². The maximum absolute atomic E-state index is 8.36. The Balaban J connectivity index is -0.000000000622. The summed E-state index contributed by atoms with van der Waals surface area (Å²) in [5.41, 5.74) is 0. The molecule has 0 bridgehead atoms. The van der Waals surface area contributed by atoms with Crippen molar-refractivity contribution in [3.8, 4) is 0 Å². The smallest absolute Gasteiger partial charge is 1.00 e. The quantitative estimate of drug-likeness (QED) is 0.111. The Bertz CT molecular complexity index is 190. The van der Waals surface area contributed by atoms with Crippen molar-refractivity contribution in [3.63, 3.8) is 0 Å². The fraction of sp³-hybridized carbons (Fsp3) is 0. The van der Waals surface area contributed by atoms with Crippen LogP contribution in [0, 0.1) is 0 Å². The molecule has 14 nitrogen and oxygen atoms in total. The predicted octanol–water partition coefficient (Wildman–Crippen LogP) is -142. The van der Waals surface area contributed by atoms with Gasteiger partial charge in [0.15, 0.2) is 0 Å². The van der Waals surface area contributed by atoms with Gasteiger partial charge in [-0.2, -0.15) is 0 Å². The van der Waals surface area contributed by atoms with Crippen LogP contribution in [0.5, 0.6) is 0 Å². The van der Waals surface area contributed by atoms with Gasteiger partial charge in [-0.1, -0.05) is 0 Å². The van der Waals surface area contributed by atoms with Gasteiger partial charge in [0, 0.05) is 0 Å². The predicted molar refractivity (Wildman–Crippen MR) is 60.6 cm³/mol. The Hall–Kier alpha value is 42.7. The van der Waals surface area contributed by atoms with Gasteiger partial charge < -0.3 is 0 Å². The van der Waals surface area contributed by atoms with Crippen LogP contribution in [0.25, 0.3) is 0 Å². The summed E-state index contributed by atoms with van der Waals surface area (Å²) in [5.74, 6) is 0. The Labute approximate surface area is 1400 Å². The zero-order chi connectivity index (χ0) is 18.9. The van der Waals surface area contributed by atoms with E-state index in [1.807, 2.05) is 0 Å². The SMILES string of the molecule is O=BO.O=BO.O=BO.O=BO.O=BO.O=BO.O=BO.[Na+].[Na+].[Na+].[Na+].[Na+].[Na+].[Na+].[Na+].[Na+].[Na+].[Na+].[Na+].[Na+].[Na+].[Na+].[Na+].[Na+].[Na+].[Na+].[Na+].[Na+].[Na+].[Na+].[Na+].[Na+].[Na+].[Na+].[Na+].[Na+].[Na+].[Na+].[Na+].[Na+].[Na+].[Na+].[Na+].[Na+].[Na+].[Na+].[Na+].[Na+].[Na+].[Na+].[Na+].[Na+]. The van der Waals surface area contributed by atoms with E-state index in [-0.39, 0.29) is 1380 Å². The second-order valence-corrected chi connectivity index (χ2v) is 0.738. The van der Waals surface area contributed by atoms with Crippen molar-refractivity contribution in [1.29, 1.82) is 0 Å². The first-order chi connectivity index (χ1) is 9.90. The van der Waals surface area contributed by atoms with Crippen molar-refractivity contribution in [2.24, 2.45) is 0 Å². The summed E-state index contributed by atoms with van der Waals surface area (Å²) in [6, 6.07) is 0. The second-order valence-electron chi connectivity index (χ2n) is 0.738. The standard InChI is InChI=1S/7BHO2.45Na/c7*2-1-3;;;;;;;;;;;;;;;;;;;;;;;;;;;;;;;;;;;;;;;;;;;;;/h7*2H;;;;;;;;;;;;;;;;;;;;;;;;;;;;;;;;;;;;;;;;;;;;;/q;;;;;;;45*+1. The van der Waals surface area contributed by atoms with E-state index in [0.717, 1.165) is 0 Å². The van der Waals surface area contributed by atoms with Crippen molar-refractivity contribution in [2.45, 2.75) is 0 Å². The number of rotatable bonds is 0. The normalized spacial score (nSPS) is 0.848. The fourth-order valence-corrected chi connectivity index (χ4v) is 0. The molecule has 0 aromatic rings. The van der Waals surface area contributed by atoms with Crippen molar-refractivity contribution < 1.29 is 1400 Å². The molecule has 0 aromatic heterocycles. The number of hydrogen-bond acceptors (Lipinski definition) is 7. The molecule has 0 aliphatic rings. The second kappa shape index (κ2) is 497. The molecular formula is H7B7Na45O14+45. The molecule has 112 valence electrons. The third-order valence-electron chi connectivity index (χ3n) is 0. The van der Waals surface area contributed by atoms with Gasteiger partial charge in [-0.15, -0.1) is 0 Å². The molecular weight excluding hydrogens is 1330 g/mol. The van der Waals surface area contributed by atoms with Gasteiger partial charge in [0.05, 0.1) is 0 Å². The van der Waals surface area contributed by atoms with Crippen molar-refractivity contribution in [3.05, 3.63) is 0 Å². The molecule has 66 heteroatoms. The molecule has 0 fully saturated rings. The molecule has 0 aliphatic heterocycles. The zero-order valence-electron chi connectivity index (χ0n) is 55.0. The maximum atomic E-state index is 8.36. The zero-order valence-corrected chi connectivity index (χ0v) is 145. The first-order valence-corrected chi connectivity index (χ1v) is 3.46. The molecule has 0 atom stereocenters. The molecule has 0 aliphatic carbocycles. The van der Waals surface area contributed by atoms with E-state index in [1.165, 1.54) is 0 Å². The van der Waals surface area contributed by atoms with E-state index < -0.39 is 0 Å². The molecule has 0 amide bonds. The largest absolute Gasteiger partial charge is 1.00 e. The first-order valence-electron chi connectivity index (χ1n) is 3.46. The topological polar surface area (TPSA) is 261 Å². The molecule has 0 rings (SSSR count). The first kappa shape index (κ1) is 392. The van der Waals surface area contributed by atoms with E-state index in [9.17, 15) is 0 Å². The minimum atomic E-state index is -0.250. The van der Waals surface area contributed by atoms with Gasteiger partial charge in [0.2, 0.25) is 0 Å². The Morgan fingerprint density at radius 2 is 0.106 bits per heavy atom. The molecule has 7 N–H and O–H groups in total. The van der Waals surface area contributed by atoms with Crippen LogP contribution >= 0.6 is 0 Å². The van der Waals surface area contributed by atoms with Gasteiger partial charge >= 0.3 is 1450 Å². The molecule has 0 unspecified atom stereocenters. The Kier molecular flexibility index (Phi) is 2950. The van der Waals surface area contributed by atoms with Crippen LogP contribution in [0.1, 0.15) is 0 Å². The van der Waals surface area contributed by atoms with Crippen molar-refractivity contribution >= 4 is 51.5 Å². The number of hydrogen-bond donors (Lipinski definition) is 7. The van der Waals surface area contributed by atoms with E-state index in [0.29, 0.717) is 0 Å². The molecule has 0 radical (unpaired) electrons. The van der Waals surface area contributed by atoms with Crippen LogP contribution in [0.2, 0.25) is 0 Å². The molecule has 66 heavy (non-hydrogen) atoms. The van der Waals surface area contributed by atoms with Crippen LogP contribution in [0.4, 0.5) is 0 Å². The van der Waals surface area contributed by atoms with Crippen LogP contribution in [0.15, 0.2) is 0 Å². The average molecular weight is 1340 g/mol. The van der Waals surface area contributed by atoms with Crippen LogP contribution in [-0.4, -0.2) is 86.6 Å². The summed E-state index contributed by atoms with van der Waals surface area (Å²) in [5, 5.41) is 48.2. The monoisotopic (exact) mass is 1340 g/mol. The molecule has 0 spiro atoms. The summed E-state index contributed by atoms with van der Waals surface area (Å²) in [6.07, 6.45) is 0. The molecule has 0 saturated heterocycles. The fourth-order valence-electron chi connectivity index (χ4n) is 0. The van der Waals surface area contributed by atoms with Gasteiger partial charge in [-0.25, -0.2) is 0 Å². The molecule has 0 saturated carbocycles. The summed E-state index contributed by atoms with van der Waals surface area (Å²) in [4.78, 5) is 0. The van der Waals surface area contributed by atoms with E-state index in [1.54, 1.807) is 0 Å². The Morgan fingerprint density at radius 1 is 0.106 bits per heavy atom. The van der Waals surface area contributed by atoms with Gasteiger partial charge in [-0.05, 0) is 0 Å².